The molecule has 2 heterocycles. The monoisotopic (exact) mass is 346 g/mol. The van der Waals surface area contributed by atoms with Crippen molar-refractivity contribution < 1.29 is 18.9 Å². The lowest BCUT2D eigenvalue weighted by molar-refractivity contribution is 0.362. The van der Waals surface area contributed by atoms with E-state index in [0.29, 0.717) is 0 Å². The number of thiophene rings is 2. The minimum absolute atomic E-state index is 0.797. The van der Waals surface area contributed by atoms with Crippen molar-refractivity contribution in [1.29, 1.82) is 0 Å². The SMILES string of the molecule is COc1sc(Sc2sc(OC)c(OC)c2C)c(C)c1OC. The molecule has 0 spiro atoms. The Kier molecular flexibility index (Phi) is 5.29. The smallest absolute Gasteiger partial charge is 0.218 e. The Balaban J connectivity index is 2.39. The molecule has 2 aromatic rings. The van der Waals surface area contributed by atoms with Gasteiger partial charge in [-0.05, 0) is 13.8 Å². The maximum atomic E-state index is 5.41. The van der Waals surface area contributed by atoms with Gasteiger partial charge < -0.3 is 18.9 Å². The second-order valence-electron chi connectivity index (χ2n) is 4.18. The molecule has 0 fully saturated rings. The third-order valence-corrected chi connectivity index (χ3v) is 7.04. The molecule has 2 aromatic heterocycles. The normalized spacial score (nSPS) is 10.6. The Morgan fingerprint density at radius 2 is 1.05 bits per heavy atom. The summed E-state index contributed by atoms with van der Waals surface area (Å²) in [7, 11) is 6.64. The van der Waals surface area contributed by atoms with Gasteiger partial charge in [-0.15, -0.1) is 0 Å². The van der Waals surface area contributed by atoms with Gasteiger partial charge in [0.1, 0.15) is 0 Å². The van der Waals surface area contributed by atoms with Crippen molar-refractivity contribution in [2.24, 2.45) is 0 Å². The average Bonchev–Trinajstić information content (AvgIpc) is 2.96. The first-order valence-electron chi connectivity index (χ1n) is 6.17. The fourth-order valence-electron chi connectivity index (χ4n) is 1.93. The molecule has 0 aliphatic heterocycles. The summed E-state index contributed by atoms with van der Waals surface area (Å²) in [4.78, 5) is 0. The van der Waals surface area contributed by atoms with E-state index in [-0.39, 0.29) is 0 Å². The van der Waals surface area contributed by atoms with Gasteiger partial charge >= 0.3 is 0 Å². The van der Waals surface area contributed by atoms with Gasteiger partial charge in [0.2, 0.25) is 10.1 Å². The predicted octanol–water partition coefficient (Wildman–Crippen LogP) is 4.61. The van der Waals surface area contributed by atoms with Crippen molar-refractivity contribution in [3.05, 3.63) is 11.1 Å². The molecule has 0 aliphatic rings. The van der Waals surface area contributed by atoms with E-state index in [2.05, 4.69) is 0 Å². The summed E-state index contributed by atoms with van der Waals surface area (Å²) in [6.45, 7) is 4.08. The highest BCUT2D eigenvalue weighted by Crippen LogP contribution is 2.53. The van der Waals surface area contributed by atoms with Crippen LogP contribution in [0, 0.1) is 13.8 Å². The first-order chi connectivity index (χ1) is 10.1. The molecule has 0 bridgehead atoms. The van der Waals surface area contributed by atoms with Crippen LogP contribution < -0.4 is 18.9 Å². The van der Waals surface area contributed by atoms with Crippen LogP contribution in [0.3, 0.4) is 0 Å². The van der Waals surface area contributed by atoms with E-state index in [1.165, 1.54) is 0 Å². The highest BCUT2D eigenvalue weighted by atomic mass is 32.2. The molecule has 0 radical (unpaired) electrons. The predicted molar refractivity (Wildman–Crippen MR) is 88.4 cm³/mol. The summed E-state index contributed by atoms with van der Waals surface area (Å²) in [5, 5.41) is 1.59. The standard InChI is InChI=1S/C14H18O4S3/c1-7-9(15-3)11(17-5)19-13(7)21-14-8(2)10(16-4)12(18-6)20-14/h1-6H3. The Morgan fingerprint density at radius 1 is 0.667 bits per heavy atom. The van der Waals surface area contributed by atoms with E-state index < -0.39 is 0 Å². The van der Waals surface area contributed by atoms with Crippen molar-refractivity contribution in [3.8, 4) is 21.6 Å². The molecule has 0 aromatic carbocycles. The molecular formula is C14H18O4S3. The van der Waals surface area contributed by atoms with Crippen LogP contribution in [0.1, 0.15) is 11.1 Å². The summed E-state index contributed by atoms with van der Waals surface area (Å²) in [6.07, 6.45) is 0. The van der Waals surface area contributed by atoms with Crippen molar-refractivity contribution in [1.82, 2.24) is 0 Å². The largest absolute Gasteiger partial charge is 0.492 e. The van der Waals surface area contributed by atoms with E-state index >= 15 is 0 Å². The van der Waals surface area contributed by atoms with Crippen LogP contribution in [-0.2, 0) is 0 Å². The molecule has 21 heavy (non-hydrogen) atoms. The van der Waals surface area contributed by atoms with Gasteiger partial charge in [-0.3, -0.25) is 0 Å². The Bertz CT molecular complexity index is 576. The number of rotatable bonds is 6. The highest BCUT2D eigenvalue weighted by molar-refractivity contribution is 8.03. The average molecular weight is 346 g/mol. The zero-order valence-electron chi connectivity index (χ0n) is 12.9. The van der Waals surface area contributed by atoms with Crippen LogP contribution in [0.5, 0.6) is 21.6 Å². The van der Waals surface area contributed by atoms with Crippen LogP contribution in [0.25, 0.3) is 0 Å². The molecule has 7 heteroatoms. The maximum absolute atomic E-state index is 5.41. The first-order valence-corrected chi connectivity index (χ1v) is 8.62. The summed E-state index contributed by atoms with van der Waals surface area (Å²) in [5.41, 5.74) is 2.19. The molecule has 116 valence electrons. The fraction of sp³-hybridized carbons (Fsp3) is 0.429. The van der Waals surface area contributed by atoms with Crippen LogP contribution in [0.2, 0.25) is 0 Å². The molecule has 0 unspecified atom stereocenters. The van der Waals surface area contributed by atoms with Crippen molar-refractivity contribution in [3.63, 3.8) is 0 Å². The second kappa shape index (κ2) is 6.81. The van der Waals surface area contributed by atoms with E-state index in [9.17, 15) is 0 Å². The van der Waals surface area contributed by atoms with Crippen LogP contribution in [0.15, 0.2) is 8.42 Å². The van der Waals surface area contributed by atoms with Crippen molar-refractivity contribution in [2.75, 3.05) is 28.4 Å². The third-order valence-electron chi connectivity index (χ3n) is 3.00. The molecule has 0 atom stereocenters. The van der Waals surface area contributed by atoms with Gasteiger partial charge in [0.15, 0.2) is 11.5 Å². The molecule has 0 saturated heterocycles. The van der Waals surface area contributed by atoms with Gasteiger partial charge in [-0.1, -0.05) is 34.4 Å². The fourth-order valence-corrected chi connectivity index (χ4v) is 5.69. The first kappa shape index (κ1) is 16.3. The van der Waals surface area contributed by atoms with Crippen molar-refractivity contribution in [2.45, 2.75) is 22.3 Å². The zero-order valence-corrected chi connectivity index (χ0v) is 15.3. The van der Waals surface area contributed by atoms with Gasteiger partial charge in [-0.25, -0.2) is 0 Å². The lowest BCUT2D eigenvalue weighted by Crippen LogP contribution is -1.87. The summed E-state index contributed by atoms with van der Waals surface area (Å²) >= 11 is 4.86. The quantitative estimate of drug-likeness (QED) is 0.763. The summed E-state index contributed by atoms with van der Waals surface area (Å²) in [6, 6.07) is 0. The Morgan fingerprint density at radius 3 is 1.29 bits per heavy atom. The number of ether oxygens (including phenoxy) is 4. The highest BCUT2D eigenvalue weighted by Gasteiger charge is 2.22. The lowest BCUT2D eigenvalue weighted by Gasteiger charge is -2.02. The van der Waals surface area contributed by atoms with Crippen LogP contribution in [0.4, 0.5) is 0 Å². The number of hydrogen-bond acceptors (Lipinski definition) is 7. The topological polar surface area (TPSA) is 36.9 Å². The summed E-state index contributed by atoms with van der Waals surface area (Å²) < 4.78 is 23.9. The van der Waals surface area contributed by atoms with Gasteiger partial charge in [-0.2, -0.15) is 0 Å². The van der Waals surface area contributed by atoms with E-state index in [4.69, 9.17) is 18.9 Å². The number of methoxy groups -OCH3 is 4. The molecule has 4 nitrogen and oxygen atoms in total. The van der Waals surface area contributed by atoms with Crippen LogP contribution >= 0.6 is 34.4 Å². The summed E-state index contributed by atoms with van der Waals surface area (Å²) in [5.74, 6) is 1.61. The lowest BCUT2D eigenvalue weighted by atomic mass is 10.3. The van der Waals surface area contributed by atoms with Crippen molar-refractivity contribution >= 4 is 34.4 Å². The number of hydrogen-bond donors (Lipinski definition) is 0. The zero-order chi connectivity index (χ0) is 15.6. The Labute approximate surface area is 137 Å². The molecule has 0 amide bonds. The van der Waals surface area contributed by atoms with Gasteiger partial charge in [0.25, 0.3) is 0 Å². The van der Waals surface area contributed by atoms with E-state index in [1.807, 2.05) is 13.8 Å². The molecular weight excluding hydrogens is 328 g/mol. The minimum Gasteiger partial charge on any atom is -0.492 e. The Hall–Kier alpha value is -1.05. The molecule has 0 aliphatic carbocycles. The maximum Gasteiger partial charge on any atom is 0.218 e. The third kappa shape index (κ3) is 2.95. The molecule has 0 saturated carbocycles. The molecule has 0 N–H and O–H groups in total. The minimum atomic E-state index is 0.797. The van der Waals surface area contributed by atoms with Gasteiger partial charge in [0, 0.05) is 11.1 Å². The second-order valence-corrected chi connectivity index (χ2v) is 7.68. The molecule has 2 rings (SSSR count). The van der Waals surface area contributed by atoms with E-state index in [0.717, 1.165) is 41.2 Å². The van der Waals surface area contributed by atoms with Crippen LogP contribution in [-0.4, -0.2) is 28.4 Å². The van der Waals surface area contributed by atoms with Gasteiger partial charge in [0.05, 0.1) is 36.9 Å². The van der Waals surface area contributed by atoms with E-state index in [1.54, 1.807) is 62.9 Å².